The molecule has 2 heterocycles. The number of methoxy groups -OCH3 is 1. The molecule has 0 atom stereocenters. The number of benzene rings is 2. The molecule has 0 aliphatic carbocycles. The molecule has 4 rings (SSSR count). The van der Waals surface area contributed by atoms with E-state index in [4.69, 9.17) is 26.4 Å². The van der Waals surface area contributed by atoms with Crippen LogP contribution in [0.15, 0.2) is 41.4 Å². The molecule has 1 N–H and O–H groups in total. The second-order valence-electron chi connectivity index (χ2n) is 5.90. The first-order valence-electron chi connectivity index (χ1n) is 8.13. The molecule has 0 radical (unpaired) electrons. The van der Waals surface area contributed by atoms with Gasteiger partial charge in [-0.3, -0.25) is 4.99 Å². The first kappa shape index (κ1) is 15.9. The molecule has 2 aliphatic heterocycles. The molecule has 25 heavy (non-hydrogen) atoms. The van der Waals surface area contributed by atoms with E-state index < -0.39 is 0 Å². The molecule has 5 nitrogen and oxygen atoms in total. The SMILES string of the molecule is COc1cccc(NC(=S)CC2=NCCc3cc4c(cc32)OCO4)c1. The van der Waals surface area contributed by atoms with Gasteiger partial charge in [0.2, 0.25) is 6.79 Å². The summed E-state index contributed by atoms with van der Waals surface area (Å²) >= 11 is 5.54. The van der Waals surface area contributed by atoms with Crippen molar-refractivity contribution in [3.63, 3.8) is 0 Å². The lowest BCUT2D eigenvalue weighted by atomic mass is 9.95. The minimum atomic E-state index is 0.278. The average Bonchev–Trinajstić information content (AvgIpc) is 3.07. The molecule has 0 saturated heterocycles. The van der Waals surface area contributed by atoms with Crippen LogP contribution in [0.2, 0.25) is 0 Å². The summed E-state index contributed by atoms with van der Waals surface area (Å²) in [4.78, 5) is 5.40. The van der Waals surface area contributed by atoms with E-state index >= 15 is 0 Å². The molecular weight excluding hydrogens is 336 g/mol. The molecular formula is C19H18N2O3S. The summed E-state index contributed by atoms with van der Waals surface area (Å²) in [6, 6.07) is 11.8. The highest BCUT2D eigenvalue weighted by molar-refractivity contribution is 7.80. The molecule has 2 aromatic carbocycles. The van der Waals surface area contributed by atoms with Gasteiger partial charge in [0, 0.05) is 36.0 Å². The van der Waals surface area contributed by atoms with Crippen LogP contribution in [0, 0.1) is 0 Å². The van der Waals surface area contributed by atoms with Crippen LogP contribution < -0.4 is 19.5 Å². The summed E-state index contributed by atoms with van der Waals surface area (Å²) in [5.41, 5.74) is 4.23. The van der Waals surface area contributed by atoms with E-state index in [1.807, 2.05) is 30.3 Å². The first-order valence-corrected chi connectivity index (χ1v) is 8.54. The summed E-state index contributed by atoms with van der Waals surface area (Å²) in [6.45, 7) is 1.05. The van der Waals surface area contributed by atoms with Crippen LogP contribution in [0.1, 0.15) is 17.5 Å². The number of rotatable bonds is 4. The van der Waals surface area contributed by atoms with Crippen molar-refractivity contribution < 1.29 is 14.2 Å². The fourth-order valence-corrected chi connectivity index (χ4v) is 3.32. The Morgan fingerprint density at radius 2 is 2.08 bits per heavy atom. The number of ether oxygens (including phenoxy) is 3. The van der Waals surface area contributed by atoms with Crippen LogP contribution in [-0.2, 0) is 6.42 Å². The normalized spacial score (nSPS) is 14.5. The topological polar surface area (TPSA) is 52.1 Å². The lowest BCUT2D eigenvalue weighted by Gasteiger charge is -2.18. The molecule has 0 aromatic heterocycles. The minimum absolute atomic E-state index is 0.278. The maximum absolute atomic E-state index is 5.54. The van der Waals surface area contributed by atoms with Crippen LogP contribution in [0.4, 0.5) is 5.69 Å². The van der Waals surface area contributed by atoms with Crippen LogP contribution in [0.25, 0.3) is 0 Å². The number of anilines is 1. The highest BCUT2D eigenvalue weighted by Crippen LogP contribution is 2.36. The third-order valence-corrected chi connectivity index (χ3v) is 4.52. The van der Waals surface area contributed by atoms with Crippen molar-refractivity contribution >= 4 is 28.6 Å². The van der Waals surface area contributed by atoms with Crippen LogP contribution in [0.5, 0.6) is 17.2 Å². The third kappa shape index (κ3) is 3.30. The number of hydrogen-bond donors (Lipinski definition) is 1. The van der Waals surface area contributed by atoms with E-state index in [0.717, 1.165) is 52.2 Å². The van der Waals surface area contributed by atoms with Gasteiger partial charge in [-0.05, 0) is 36.2 Å². The van der Waals surface area contributed by atoms with Gasteiger partial charge in [-0.1, -0.05) is 18.3 Å². The zero-order valence-corrected chi connectivity index (χ0v) is 14.7. The van der Waals surface area contributed by atoms with Crippen molar-refractivity contribution in [2.45, 2.75) is 12.8 Å². The summed E-state index contributed by atoms with van der Waals surface area (Å²) < 4.78 is 16.2. The van der Waals surface area contributed by atoms with Gasteiger partial charge in [0.05, 0.1) is 12.1 Å². The van der Waals surface area contributed by atoms with E-state index in [1.54, 1.807) is 7.11 Å². The van der Waals surface area contributed by atoms with Crippen molar-refractivity contribution in [3.8, 4) is 17.2 Å². The molecule has 0 amide bonds. The van der Waals surface area contributed by atoms with Gasteiger partial charge in [0.25, 0.3) is 0 Å². The Hall–Kier alpha value is -2.60. The predicted molar refractivity (Wildman–Crippen MR) is 102 cm³/mol. The van der Waals surface area contributed by atoms with Crippen molar-refractivity contribution in [3.05, 3.63) is 47.5 Å². The number of nitrogens with zero attached hydrogens (tertiary/aromatic N) is 1. The Bertz CT molecular complexity index is 864. The third-order valence-electron chi connectivity index (χ3n) is 4.27. The Balaban J connectivity index is 1.51. The van der Waals surface area contributed by atoms with Crippen LogP contribution in [-0.4, -0.2) is 31.1 Å². The minimum Gasteiger partial charge on any atom is -0.497 e. The van der Waals surface area contributed by atoms with Gasteiger partial charge < -0.3 is 19.5 Å². The fourth-order valence-electron chi connectivity index (χ4n) is 3.07. The summed E-state index contributed by atoms with van der Waals surface area (Å²) in [7, 11) is 1.65. The number of thiocarbonyl (C=S) groups is 1. The van der Waals surface area contributed by atoms with Crippen LogP contribution in [0.3, 0.4) is 0 Å². The van der Waals surface area contributed by atoms with Crippen molar-refractivity contribution in [2.75, 3.05) is 25.8 Å². The maximum Gasteiger partial charge on any atom is 0.231 e. The molecule has 0 fully saturated rings. The maximum atomic E-state index is 5.54. The van der Waals surface area contributed by atoms with Gasteiger partial charge >= 0.3 is 0 Å². The first-order chi connectivity index (χ1) is 12.2. The second-order valence-corrected chi connectivity index (χ2v) is 6.39. The quantitative estimate of drug-likeness (QED) is 0.850. The van der Waals surface area contributed by atoms with E-state index in [2.05, 4.69) is 16.4 Å². The van der Waals surface area contributed by atoms with E-state index in [1.165, 1.54) is 5.56 Å². The Labute approximate surface area is 151 Å². The fraction of sp³-hybridized carbons (Fsp3) is 0.263. The average molecular weight is 354 g/mol. The highest BCUT2D eigenvalue weighted by atomic mass is 32.1. The van der Waals surface area contributed by atoms with Gasteiger partial charge in [-0.15, -0.1) is 0 Å². The standard InChI is InChI=1S/C19H18N2O3S/c1-22-14-4-2-3-13(8-14)21-19(25)10-16-15-9-18-17(23-11-24-18)7-12(15)5-6-20-16/h2-4,7-9H,5-6,10-11H2,1H3,(H,21,25). The summed E-state index contributed by atoms with van der Waals surface area (Å²) in [6.07, 6.45) is 1.49. The second kappa shape index (κ2) is 6.72. The van der Waals surface area contributed by atoms with E-state index in [0.29, 0.717) is 6.42 Å². The lowest BCUT2D eigenvalue weighted by Crippen LogP contribution is -2.20. The Morgan fingerprint density at radius 3 is 2.92 bits per heavy atom. The van der Waals surface area contributed by atoms with Gasteiger partial charge in [-0.25, -0.2) is 0 Å². The van der Waals surface area contributed by atoms with Gasteiger partial charge in [-0.2, -0.15) is 0 Å². The number of nitrogens with one attached hydrogen (secondary N) is 1. The van der Waals surface area contributed by atoms with Gasteiger partial charge in [0.15, 0.2) is 11.5 Å². The molecule has 6 heteroatoms. The van der Waals surface area contributed by atoms with E-state index in [9.17, 15) is 0 Å². The number of hydrogen-bond acceptors (Lipinski definition) is 5. The number of aliphatic imine (C=N–C) groups is 1. The lowest BCUT2D eigenvalue weighted by molar-refractivity contribution is 0.174. The van der Waals surface area contributed by atoms with Crippen molar-refractivity contribution in [1.29, 1.82) is 0 Å². The molecule has 2 aliphatic rings. The Morgan fingerprint density at radius 1 is 1.24 bits per heavy atom. The van der Waals surface area contributed by atoms with Crippen molar-refractivity contribution in [1.82, 2.24) is 0 Å². The zero-order valence-electron chi connectivity index (χ0n) is 13.9. The Kier molecular flexibility index (Phi) is 4.28. The summed E-state index contributed by atoms with van der Waals surface area (Å²) in [5.74, 6) is 2.39. The van der Waals surface area contributed by atoms with Crippen LogP contribution >= 0.6 is 12.2 Å². The van der Waals surface area contributed by atoms with Crippen molar-refractivity contribution in [2.24, 2.45) is 4.99 Å². The predicted octanol–water partition coefficient (Wildman–Crippen LogP) is 3.60. The monoisotopic (exact) mass is 354 g/mol. The molecule has 0 unspecified atom stereocenters. The molecule has 0 bridgehead atoms. The highest BCUT2D eigenvalue weighted by Gasteiger charge is 2.22. The van der Waals surface area contributed by atoms with Gasteiger partial charge in [0.1, 0.15) is 5.75 Å². The molecule has 2 aromatic rings. The molecule has 128 valence electrons. The largest absolute Gasteiger partial charge is 0.497 e. The number of fused-ring (bicyclic) bond motifs is 2. The molecule has 0 saturated carbocycles. The smallest absolute Gasteiger partial charge is 0.231 e. The zero-order chi connectivity index (χ0) is 17.2. The summed E-state index contributed by atoms with van der Waals surface area (Å²) in [5, 5.41) is 3.26. The molecule has 0 spiro atoms. The van der Waals surface area contributed by atoms with E-state index in [-0.39, 0.29) is 6.79 Å².